The maximum atomic E-state index is 12.2. The van der Waals surface area contributed by atoms with Crippen molar-refractivity contribution in [2.45, 2.75) is 11.8 Å². The molecule has 0 saturated carbocycles. The van der Waals surface area contributed by atoms with Gasteiger partial charge in [-0.25, -0.2) is 13.2 Å². The average molecular weight is 283 g/mol. The highest BCUT2D eigenvalue weighted by Gasteiger charge is 2.31. The number of hydrogen-bond donors (Lipinski definition) is 1. The molecule has 0 fully saturated rings. The van der Waals surface area contributed by atoms with Crippen LogP contribution in [0, 0.1) is 5.92 Å². The topological polar surface area (TPSA) is 89.5 Å². The highest BCUT2D eigenvalue weighted by Crippen LogP contribution is 2.29. The lowest BCUT2D eigenvalue weighted by molar-refractivity contribution is -0.118. The van der Waals surface area contributed by atoms with Gasteiger partial charge >= 0.3 is 5.97 Å². The molecule has 0 spiro atoms. The highest BCUT2D eigenvalue weighted by atomic mass is 32.2. The van der Waals surface area contributed by atoms with E-state index in [-0.39, 0.29) is 27.8 Å². The fraction of sp³-hybridized carbons (Fsp3) is 0.333. The third kappa shape index (κ3) is 2.46. The summed E-state index contributed by atoms with van der Waals surface area (Å²) in [4.78, 5) is 23.0. The lowest BCUT2D eigenvalue weighted by Crippen LogP contribution is -2.22. The minimum atomic E-state index is -3.62. The summed E-state index contributed by atoms with van der Waals surface area (Å²) in [5, 5.41) is 2.54. The van der Waals surface area contributed by atoms with Gasteiger partial charge < -0.3 is 10.1 Å². The van der Waals surface area contributed by atoms with Crippen LogP contribution in [0.4, 0.5) is 5.69 Å². The van der Waals surface area contributed by atoms with Crippen molar-refractivity contribution in [3.63, 3.8) is 0 Å². The van der Waals surface area contributed by atoms with Gasteiger partial charge in [0, 0.05) is 5.92 Å². The highest BCUT2D eigenvalue weighted by molar-refractivity contribution is 7.91. The van der Waals surface area contributed by atoms with Crippen LogP contribution >= 0.6 is 0 Å². The number of amides is 1. The molecule has 1 N–H and O–H groups in total. The van der Waals surface area contributed by atoms with Crippen LogP contribution in [0.3, 0.4) is 0 Å². The van der Waals surface area contributed by atoms with Crippen LogP contribution in [-0.2, 0) is 19.4 Å². The van der Waals surface area contributed by atoms with Crippen LogP contribution in [-0.4, -0.2) is 33.2 Å². The number of ether oxygens (including phenoxy) is 1. The first kappa shape index (κ1) is 13.5. The molecule has 1 aromatic rings. The third-order valence-electron chi connectivity index (χ3n) is 2.91. The number of esters is 1. The molecule has 1 unspecified atom stereocenters. The molecule has 1 aliphatic heterocycles. The van der Waals surface area contributed by atoms with Gasteiger partial charge in [-0.1, -0.05) is 6.92 Å². The molecule has 1 heterocycles. The second-order valence-electron chi connectivity index (χ2n) is 4.37. The van der Waals surface area contributed by atoms with Gasteiger partial charge in [-0.05, 0) is 18.2 Å². The molecule has 0 radical (unpaired) electrons. The molecule has 1 aromatic carbocycles. The van der Waals surface area contributed by atoms with Gasteiger partial charge in [-0.15, -0.1) is 0 Å². The van der Waals surface area contributed by atoms with Crippen LogP contribution in [0.25, 0.3) is 0 Å². The number of carbonyl (C=O) groups is 2. The number of rotatable bonds is 1. The molecule has 1 aliphatic rings. The summed E-state index contributed by atoms with van der Waals surface area (Å²) in [7, 11) is -2.40. The maximum absolute atomic E-state index is 12.2. The first-order valence-corrected chi connectivity index (χ1v) is 7.26. The lowest BCUT2D eigenvalue weighted by Gasteiger charge is -2.08. The molecule has 0 aromatic heterocycles. The van der Waals surface area contributed by atoms with Gasteiger partial charge in [0.2, 0.25) is 5.91 Å². The molecule has 1 atom stereocenters. The van der Waals surface area contributed by atoms with E-state index in [0.29, 0.717) is 0 Å². The van der Waals surface area contributed by atoms with Crippen LogP contribution in [0.2, 0.25) is 0 Å². The van der Waals surface area contributed by atoms with Crippen molar-refractivity contribution in [3.8, 4) is 0 Å². The van der Waals surface area contributed by atoms with Crippen LogP contribution in [0.1, 0.15) is 17.3 Å². The number of methoxy groups -OCH3 is 1. The summed E-state index contributed by atoms with van der Waals surface area (Å²) in [5.41, 5.74) is 0.329. The molecule has 0 bridgehead atoms. The summed E-state index contributed by atoms with van der Waals surface area (Å²) in [6.45, 7) is 1.54. The van der Waals surface area contributed by atoms with Crippen LogP contribution in [0.15, 0.2) is 23.1 Å². The minimum absolute atomic E-state index is 0.0481. The summed E-state index contributed by atoms with van der Waals surface area (Å²) in [6.07, 6.45) is 0. The van der Waals surface area contributed by atoms with Crippen LogP contribution in [0.5, 0.6) is 0 Å². The molecule has 19 heavy (non-hydrogen) atoms. The van der Waals surface area contributed by atoms with E-state index in [1.807, 2.05) is 0 Å². The first-order valence-electron chi connectivity index (χ1n) is 5.61. The van der Waals surface area contributed by atoms with Gasteiger partial charge in [-0.3, -0.25) is 4.79 Å². The number of benzene rings is 1. The van der Waals surface area contributed by atoms with E-state index < -0.39 is 21.7 Å². The normalized spacial score (nSPS) is 20.9. The van der Waals surface area contributed by atoms with Crippen molar-refractivity contribution in [2.24, 2.45) is 5.92 Å². The van der Waals surface area contributed by atoms with E-state index in [1.54, 1.807) is 6.92 Å². The number of fused-ring (bicyclic) bond motifs is 1. The number of carbonyl (C=O) groups excluding carboxylic acids is 2. The zero-order valence-corrected chi connectivity index (χ0v) is 11.3. The van der Waals surface area contributed by atoms with Crippen molar-refractivity contribution in [1.29, 1.82) is 0 Å². The Hall–Kier alpha value is -1.89. The Labute approximate surface area is 110 Å². The molecular weight excluding hydrogens is 270 g/mol. The number of nitrogens with one attached hydrogen (secondary N) is 1. The molecule has 102 valence electrons. The minimum Gasteiger partial charge on any atom is -0.465 e. The molecular formula is C12H13NO5S. The Bertz CT molecular complexity index is 650. The predicted molar refractivity (Wildman–Crippen MR) is 67.6 cm³/mol. The van der Waals surface area contributed by atoms with Crippen LogP contribution < -0.4 is 5.32 Å². The van der Waals surface area contributed by atoms with Gasteiger partial charge in [0.05, 0.1) is 29.0 Å². The Morgan fingerprint density at radius 2 is 2.11 bits per heavy atom. The van der Waals surface area contributed by atoms with Gasteiger partial charge in [0.1, 0.15) is 0 Å². The molecule has 0 aliphatic carbocycles. The summed E-state index contributed by atoms with van der Waals surface area (Å²) in [6, 6.07) is 4.04. The lowest BCUT2D eigenvalue weighted by atomic mass is 10.2. The quantitative estimate of drug-likeness (QED) is 0.771. The second kappa shape index (κ2) is 4.65. The van der Waals surface area contributed by atoms with Crippen molar-refractivity contribution < 1.29 is 22.7 Å². The predicted octanol–water partition coefficient (Wildman–Crippen LogP) is 0.835. The monoisotopic (exact) mass is 283 g/mol. The summed E-state index contributed by atoms with van der Waals surface area (Å²) < 4.78 is 28.9. The number of anilines is 1. The zero-order valence-electron chi connectivity index (χ0n) is 10.5. The molecule has 0 saturated heterocycles. The van der Waals surface area contributed by atoms with Crippen molar-refractivity contribution >= 4 is 27.4 Å². The van der Waals surface area contributed by atoms with Crippen molar-refractivity contribution in [3.05, 3.63) is 23.8 Å². The zero-order chi connectivity index (χ0) is 14.2. The van der Waals surface area contributed by atoms with E-state index in [4.69, 9.17) is 0 Å². The molecule has 6 nitrogen and oxygen atoms in total. The van der Waals surface area contributed by atoms with Gasteiger partial charge in [0.15, 0.2) is 9.84 Å². The van der Waals surface area contributed by atoms with Gasteiger partial charge in [-0.2, -0.15) is 0 Å². The van der Waals surface area contributed by atoms with Crippen molar-refractivity contribution in [2.75, 3.05) is 18.2 Å². The Balaban J connectivity index is 2.60. The van der Waals surface area contributed by atoms with Crippen molar-refractivity contribution in [1.82, 2.24) is 0 Å². The van der Waals surface area contributed by atoms with E-state index in [9.17, 15) is 18.0 Å². The molecule has 7 heteroatoms. The Morgan fingerprint density at radius 1 is 1.42 bits per heavy atom. The third-order valence-corrected chi connectivity index (χ3v) is 4.86. The second-order valence-corrected chi connectivity index (χ2v) is 6.38. The number of sulfone groups is 1. The fourth-order valence-corrected chi connectivity index (χ4v) is 3.63. The average Bonchev–Trinajstić information content (AvgIpc) is 2.44. The summed E-state index contributed by atoms with van der Waals surface area (Å²) >= 11 is 0. The SMILES string of the molecule is COC(=O)c1ccc2c(c1)S(=O)(=O)CC(C)C(=O)N2. The van der Waals surface area contributed by atoms with E-state index in [1.165, 1.54) is 25.3 Å². The molecule has 2 rings (SSSR count). The Morgan fingerprint density at radius 3 is 2.74 bits per heavy atom. The molecule has 1 amide bonds. The van der Waals surface area contributed by atoms with E-state index in [0.717, 1.165) is 0 Å². The maximum Gasteiger partial charge on any atom is 0.337 e. The first-order chi connectivity index (χ1) is 8.85. The summed E-state index contributed by atoms with van der Waals surface area (Å²) in [5.74, 6) is -1.90. The Kier molecular flexibility index (Phi) is 3.32. The largest absolute Gasteiger partial charge is 0.465 e. The standard InChI is InChI=1S/C12H13NO5S/c1-7-6-19(16,17)10-5-8(12(15)18-2)3-4-9(10)13-11(7)14/h3-5,7H,6H2,1-2H3,(H,13,14). The van der Waals surface area contributed by atoms with Gasteiger partial charge in [0.25, 0.3) is 0 Å². The van der Waals surface area contributed by atoms with E-state index in [2.05, 4.69) is 10.1 Å². The number of hydrogen-bond acceptors (Lipinski definition) is 5. The van der Waals surface area contributed by atoms with E-state index >= 15 is 0 Å². The smallest absolute Gasteiger partial charge is 0.337 e. The fourth-order valence-electron chi connectivity index (χ4n) is 1.88.